The number of anilines is 2. The summed E-state index contributed by atoms with van der Waals surface area (Å²) >= 11 is 1.55. The van der Waals surface area contributed by atoms with Gasteiger partial charge in [-0.3, -0.25) is 4.79 Å². The Balaban J connectivity index is 1.20. The maximum absolute atomic E-state index is 12.8. The third kappa shape index (κ3) is 3.12. The van der Waals surface area contributed by atoms with Crippen LogP contribution in [0.2, 0.25) is 0 Å². The first kappa shape index (κ1) is 19.2. The summed E-state index contributed by atoms with van der Waals surface area (Å²) in [6.45, 7) is 3.79. The first-order valence-electron chi connectivity index (χ1n) is 11.1. The lowest BCUT2D eigenvalue weighted by Gasteiger charge is -2.56. The van der Waals surface area contributed by atoms with E-state index in [2.05, 4.69) is 25.8 Å². The van der Waals surface area contributed by atoms with E-state index in [1.807, 2.05) is 13.8 Å². The second kappa shape index (κ2) is 6.72. The molecule has 4 aliphatic carbocycles. The fourth-order valence-corrected chi connectivity index (χ4v) is 7.65. The van der Waals surface area contributed by atoms with Crippen molar-refractivity contribution in [1.29, 1.82) is 0 Å². The fourth-order valence-electron chi connectivity index (χ4n) is 6.80. The number of rotatable bonds is 4. The smallest absolute Gasteiger partial charge is 0.254 e. The SMILES string of the molecule is Cc1nc2nc(N)nn2c(C)c1CC(=O)Nc1nc(C23CC4CC(CC(C4)C2)C3)cs1. The molecule has 3 heterocycles. The average Bonchev–Trinajstić information content (AvgIpc) is 3.31. The van der Waals surface area contributed by atoms with Gasteiger partial charge in [0.05, 0.1) is 12.1 Å². The third-order valence-electron chi connectivity index (χ3n) is 7.73. The van der Waals surface area contributed by atoms with E-state index in [-0.39, 0.29) is 23.7 Å². The normalized spacial score (nSPS) is 29.0. The summed E-state index contributed by atoms with van der Waals surface area (Å²) in [5, 5.41) is 10.1. The molecule has 0 spiro atoms. The Labute approximate surface area is 184 Å². The van der Waals surface area contributed by atoms with Gasteiger partial charge in [0, 0.05) is 27.7 Å². The van der Waals surface area contributed by atoms with Crippen LogP contribution in [0.15, 0.2) is 5.38 Å². The van der Waals surface area contributed by atoms with Gasteiger partial charge in [-0.25, -0.2) is 9.97 Å². The molecule has 3 aromatic rings. The van der Waals surface area contributed by atoms with E-state index in [1.54, 1.807) is 15.9 Å². The van der Waals surface area contributed by atoms with Crippen LogP contribution in [0.3, 0.4) is 0 Å². The lowest BCUT2D eigenvalue weighted by molar-refractivity contribution is -0.115. The van der Waals surface area contributed by atoms with Crippen LogP contribution in [0, 0.1) is 31.6 Å². The van der Waals surface area contributed by atoms with E-state index in [1.165, 1.54) is 44.2 Å². The number of aromatic nitrogens is 5. The van der Waals surface area contributed by atoms with Gasteiger partial charge in [-0.15, -0.1) is 16.4 Å². The molecule has 4 fully saturated rings. The number of nitrogen functional groups attached to an aromatic ring is 1. The summed E-state index contributed by atoms with van der Waals surface area (Å²) in [5.41, 5.74) is 9.60. The van der Waals surface area contributed by atoms with Gasteiger partial charge in [-0.1, -0.05) is 0 Å². The van der Waals surface area contributed by atoms with Crippen LogP contribution < -0.4 is 11.1 Å². The zero-order chi connectivity index (χ0) is 21.3. The molecule has 0 aliphatic heterocycles. The van der Waals surface area contributed by atoms with Crippen LogP contribution in [0.1, 0.15) is 61.2 Å². The molecule has 31 heavy (non-hydrogen) atoms. The Bertz CT molecular complexity index is 1160. The molecule has 0 radical (unpaired) electrons. The molecule has 0 aromatic carbocycles. The predicted molar refractivity (Wildman–Crippen MR) is 119 cm³/mol. The number of amides is 1. The summed E-state index contributed by atoms with van der Waals surface area (Å²) in [4.78, 5) is 26.3. The highest BCUT2D eigenvalue weighted by molar-refractivity contribution is 7.13. The Morgan fingerprint density at radius 3 is 2.52 bits per heavy atom. The topological polar surface area (TPSA) is 111 Å². The molecular weight excluding hydrogens is 410 g/mol. The number of nitrogens with zero attached hydrogens (tertiary/aromatic N) is 5. The van der Waals surface area contributed by atoms with Crippen molar-refractivity contribution in [3.63, 3.8) is 0 Å². The van der Waals surface area contributed by atoms with Crippen LogP contribution in [0.4, 0.5) is 11.1 Å². The molecule has 1 amide bonds. The molecule has 0 unspecified atom stereocenters. The first-order valence-corrected chi connectivity index (χ1v) is 12.0. The minimum Gasteiger partial charge on any atom is -0.366 e. The summed E-state index contributed by atoms with van der Waals surface area (Å²) in [7, 11) is 0. The van der Waals surface area contributed by atoms with Crippen molar-refractivity contribution in [3.05, 3.63) is 28.0 Å². The second-order valence-corrected chi connectivity index (χ2v) is 10.8. The van der Waals surface area contributed by atoms with E-state index < -0.39 is 0 Å². The summed E-state index contributed by atoms with van der Waals surface area (Å²) in [6, 6.07) is 0. The van der Waals surface area contributed by atoms with Gasteiger partial charge in [-0.2, -0.15) is 9.50 Å². The van der Waals surface area contributed by atoms with Crippen LogP contribution in [0.5, 0.6) is 0 Å². The summed E-state index contributed by atoms with van der Waals surface area (Å²) in [5.74, 6) is 3.18. The summed E-state index contributed by atoms with van der Waals surface area (Å²) < 4.78 is 1.60. The van der Waals surface area contributed by atoms with Crippen LogP contribution >= 0.6 is 11.3 Å². The van der Waals surface area contributed by atoms with Gasteiger partial charge >= 0.3 is 0 Å². The van der Waals surface area contributed by atoms with Crippen molar-refractivity contribution in [2.75, 3.05) is 11.1 Å². The molecule has 7 rings (SSSR count). The predicted octanol–water partition coefficient (Wildman–Crippen LogP) is 3.43. The number of fused-ring (bicyclic) bond motifs is 1. The van der Waals surface area contributed by atoms with E-state index in [9.17, 15) is 4.79 Å². The van der Waals surface area contributed by atoms with E-state index >= 15 is 0 Å². The number of hydrogen-bond acceptors (Lipinski definition) is 7. The standard InChI is InChI=1S/C22H27N7OS/c1-11-16(12(2)29-20(24-11)27-19(23)28-29)6-18(30)26-21-25-17(10-31-21)22-7-13-3-14(8-22)5-15(4-13)9-22/h10,13-15H,3-9H2,1-2H3,(H2,23,28)(H,25,26,30). The van der Waals surface area contributed by atoms with Crippen molar-refractivity contribution in [3.8, 4) is 0 Å². The van der Waals surface area contributed by atoms with Crippen LogP contribution in [0.25, 0.3) is 5.78 Å². The minimum absolute atomic E-state index is 0.0909. The monoisotopic (exact) mass is 437 g/mol. The lowest BCUT2D eigenvalue weighted by atomic mass is 9.49. The molecule has 3 N–H and O–H groups in total. The van der Waals surface area contributed by atoms with Gasteiger partial charge in [0.2, 0.25) is 11.9 Å². The zero-order valence-corrected chi connectivity index (χ0v) is 18.7. The zero-order valence-electron chi connectivity index (χ0n) is 17.9. The minimum atomic E-state index is -0.0909. The highest BCUT2D eigenvalue weighted by atomic mass is 32.1. The van der Waals surface area contributed by atoms with Crippen LogP contribution in [-0.4, -0.2) is 30.5 Å². The second-order valence-electron chi connectivity index (χ2n) is 9.90. The van der Waals surface area contributed by atoms with Crippen molar-refractivity contribution < 1.29 is 4.79 Å². The van der Waals surface area contributed by atoms with E-state index in [4.69, 9.17) is 10.7 Å². The Kier molecular flexibility index (Phi) is 4.15. The van der Waals surface area contributed by atoms with Crippen LogP contribution in [-0.2, 0) is 16.6 Å². The fraction of sp³-hybridized carbons (Fsp3) is 0.591. The molecule has 9 heteroatoms. The van der Waals surface area contributed by atoms with E-state index in [0.29, 0.717) is 10.9 Å². The van der Waals surface area contributed by atoms with Gasteiger partial charge in [0.15, 0.2) is 5.13 Å². The van der Waals surface area contributed by atoms with Crippen molar-refractivity contribution in [2.45, 2.75) is 64.2 Å². The van der Waals surface area contributed by atoms with Gasteiger partial charge < -0.3 is 11.1 Å². The first-order chi connectivity index (χ1) is 14.9. The Morgan fingerprint density at radius 1 is 1.16 bits per heavy atom. The molecule has 0 atom stereocenters. The quantitative estimate of drug-likeness (QED) is 0.647. The lowest BCUT2D eigenvalue weighted by Crippen LogP contribution is -2.48. The molecule has 3 aromatic heterocycles. The number of hydrogen-bond donors (Lipinski definition) is 2. The molecular formula is C22H27N7OS. The molecule has 0 saturated heterocycles. The van der Waals surface area contributed by atoms with Crippen molar-refractivity contribution in [1.82, 2.24) is 24.6 Å². The average molecular weight is 438 g/mol. The molecule has 4 bridgehead atoms. The van der Waals surface area contributed by atoms with Crippen molar-refractivity contribution >= 4 is 34.1 Å². The molecule has 4 saturated carbocycles. The van der Waals surface area contributed by atoms with Gasteiger partial charge in [0.1, 0.15) is 0 Å². The Morgan fingerprint density at radius 2 is 1.84 bits per heavy atom. The molecule has 162 valence electrons. The highest BCUT2D eigenvalue weighted by Gasteiger charge is 2.52. The Hall–Kier alpha value is -2.55. The molecule has 8 nitrogen and oxygen atoms in total. The number of thiazole rings is 1. The highest BCUT2D eigenvalue weighted by Crippen LogP contribution is 2.60. The van der Waals surface area contributed by atoms with Gasteiger partial charge in [-0.05, 0) is 70.1 Å². The maximum Gasteiger partial charge on any atom is 0.254 e. The van der Waals surface area contributed by atoms with Crippen molar-refractivity contribution in [2.24, 2.45) is 17.8 Å². The number of aryl methyl sites for hydroxylation is 2. The summed E-state index contributed by atoms with van der Waals surface area (Å²) in [6.07, 6.45) is 8.31. The number of carbonyl (C=O) groups is 1. The number of nitrogens with one attached hydrogen (secondary N) is 1. The van der Waals surface area contributed by atoms with E-state index in [0.717, 1.165) is 34.7 Å². The largest absolute Gasteiger partial charge is 0.366 e. The maximum atomic E-state index is 12.8. The van der Waals surface area contributed by atoms with Gasteiger partial charge in [0.25, 0.3) is 5.78 Å². The molecule has 4 aliphatic rings. The third-order valence-corrected chi connectivity index (χ3v) is 8.49. The number of carbonyl (C=O) groups excluding carboxylic acids is 1. The number of nitrogens with two attached hydrogens (primary N) is 1.